The Hall–Kier alpha value is -5.84. The number of para-hydroxylation sites is 3. The number of benzene rings is 6. The van der Waals surface area contributed by atoms with Gasteiger partial charge in [-0.2, -0.15) is 12.1 Å². The maximum absolute atomic E-state index is 6.54. The van der Waals surface area contributed by atoms with Crippen LogP contribution in [-0.4, -0.2) is 9.55 Å². The van der Waals surface area contributed by atoms with Gasteiger partial charge in [-0.3, -0.25) is 0 Å². The number of rotatable bonds is 5. The predicted molar refractivity (Wildman–Crippen MR) is 210 cm³/mol. The van der Waals surface area contributed by atoms with E-state index in [0.717, 1.165) is 72.3 Å². The van der Waals surface area contributed by atoms with E-state index in [2.05, 4.69) is 145 Å². The molecule has 6 nitrogen and oxygen atoms in total. The zero-order chi connectivity index (χ0) is 35.0. The molecule has 0 spiro atoms. The first-order valence-electron chi connectivity index (χ1n) is 17.5. The zero-order valence-corrected chi connectivity index (χ0v) is 31.6. The fraction of sp³-hybridized carbons (Fsp3) is 0.0870. The molecule has 0 bridgehead atoms. The third kappa shape index (κ3) is 5.57. The number of fused-ring (bicyclic) bond motifs is 7. The van der Waals surface area contributed by atoms with Gasteiger partial charge in [-0.15, -0.1) is 48.1 Å². The average Bonchev–Trinajstić information content (AvgIpc) is 3.83. The van der Waals surface area contributed by atoms with Crippen LogP contribution in [0.3, 0.4) is 0 Å². The summed E-state index contributed by atoms with van der Waals surface area (Å²) in [4.78, 5) is 9.17. The van der Waals surface area contributed by atoms with E-state index >= 15 is 0 Å². The van der Waals surface area contributed by atoms with Gasteiger partial charge in [-0.05, 0) is 58.8 Å². The Morgan fingerprint density at radius 3 is 2.25 bits per heavy atom. The standard InChI is InChI=1S/C46H33N4O2.Pt/c1-46(2,3)30-22-23-47-45(24-30)50-39-18-9-7-16-35(39)36-21-20-34(26-40(36)50)51-33-15-11-14-32(25-33)49-29-48(31-12-5-4-6-13-31)41-27-38-37-17-8-10-19-43(37)52-44(38)28-42(41)49;/h4-24,27-29H,1-3H3;/q-3;. The van der Waals surface area contributed by atoms with Crippen molar-refractivity contribution in [1.82, 2.24) is 9.55 Å². The van der Waals surface area contributed by atoms with Crippen molar-refractivity contribution in [3.05, 3.63) is 164 Å². The van der Waals surface area contributed by atoms with Crippen LogP contribution in [0.25, 0.3) is 49.6 Å². The van der Waals surface area contributed by atoms with E-state index in [1.165, 1.54) is 5.56 Å². The summed E-state index contributed by atoms with van der Waals surface area (Å²) in [5, 5.41) is 4.40. The summed E-state index contributed by atoms with van der Waals surface area (Å²) in [7, 11) is 0. The minimum atomic E-state index is -0.0151. The summed E-state index contributed by atoms with van der Waals surface area (Å²) in [6.45, 7) is 8.76. The largest absolute Gasteiger partial charge is 0.509 e. The average molecular weight is 869 g/mol. The van der Waals surface area contributed by atoms with Gasteiger partial charge in [0.05, 0.1) is 0 Å². The molecule has 0 atom stereocenters. The first-order chi connectivity index (χ1) is 25.4. The first kappa shape index (κ1) is 33.0. The van der Waals surface area contributed by atoms with Gasteiger partial charge in [0.2, 0.25) is 0 Å². The molecule has 0 radical (unpaired) electrons. The summed E-state index contributed by atoms with van der Waals surface area (Å²) in [6, 6.07) is 52.8. The fourth-order valence-corrected chi connectivity index (χ4v) is 7.29. The van der Waals surface area contributed by atoms with Gasteiger partial charge >= 0.3 is 0 Å². The number of furan rings is 1. The van der Waals surface area contributed by atoms with E-state index in [1.807, 2.05) is 48.7 Å². The van der Waals surface area contributed by atoms with E-state index in [4.69, 9.17) is 14.1 Å². The number of hydrogen-bond donors (Lipinski definition) is 0. The molecule has 3 aromatic heterocycles. The van der Waals surface area contributed by atoms with E-state index in [9.17, 15) is 0 Å². The Morgan fingerprint density at radius 1 is 0.642 bits per heavy atom. The molecule has 262 valence electrons. The molecule has 0 saturated heterocycles. The van der Waals surface area contributed by atoms with Crippen molar-refractivity contribution in [2.75, 3.05) is 9.80 Å². The topological polar surface area (TPSA) is 46.7 Å². The van der Waals surface area contributed by atoms with Gasteiger partial charge in [0, 0.05) is 78.2 Å². The molecule has 6 aromatic carbocycles. The van der Waals surface area contributed by atoms with Gasteiger partial charge < -0.3 is 23.5 Å². The van der Waals surface area contributed by atoms with Crippen LogP contribution in [0.5, 0.6) is 11.5 Å². The second-order valence-electron chi connectivity index (χ2n) is 14.2. The molecule has 0 saturated carbocycles. The summed E-state index contributed by atoms with van der Waals surface area (Å²) in [5.74, 6) is 2.03. The SMILES string of the molecule is CC(C)(C)c1ccnc(-n2c3[c-]c(Oc4[c-]c(N5[CH-]N(c6ccccc6)c6cc7c(cc65)oc5ccccc57)ccc4)ccc3c3ccccc32)c1.[Pt]. The van der Waals surface area contributed by atoms with Gasteiger partial charge in [0.15, 0.2) is 0 Å². The maximum Gasteiger partial charge on any atom is 0.137 e. The van der Waals surface area contributed by atoms with Crippen LogP contribution in [-0.2, 0) is 26.5 Å². The molecule has 10 rings (SSSR count). The van der Waals surface area contributed by atoms with Crippen LogP contribution in [0.15, 0.2) is 144 Å². The number of ether oxygens (including phenoxy) is 1. The van der Waals surface area contributed by atoms with Gasteiger partial charge in [0.1, 0.15) is 17.0 Å². The van der Waals surface area contributed by atoms with E-state index in [-0.39, 0.29) is 26.5 Å². The molecule has 0 unspecified atom stereocenters. The molecule has 4 heterocycles. The van der Waals surface area contributed by atoms with Crippen LogP contribution in [0.2, 0.25) is 0 Å². The van der Waals surface area contributed by atoms with Crippen molar-refractivity contribution in [2.24, 2.45) is 0 Å². The van der Waals surface area contributed by atoms with Crippen molar-refractivity contribution >= 4 is 66.5 Å². The number of hydrogen-bond acceptors (Lipinski definition) is 5. The Morgan fingerprint density at radius 2 is 1.40 bits per heavy atom. The van der Waals surface area contributed by atoms with Crippen LogP contribution in [0, 0.1) is 18.8 Å². The van der Waals surface area contributed by atoms with E-state index in [1.54, 1.807) is 0 Å². The van der Waals surface area contributed by atoms with Crippen LogP contribution >= 0.6 is 0 Å². The number of aromatic nitrogens is 2. The Kier molecular flexibility index (Phi) is 7.90. The predicted octanol–water partition coefficient (Wildman–Crippen LogP) is 12.2. The zero-order valence-electron chi connectivity index (χ0n) is 29.3. The minimum absolute atomic E-state index is 0. The van der Waals surface area contributed by atoms with Crippen molar-refractivity contribution in [3.63, 3.8) is 0 Å². The molecule has 53 heavy (non-hydrogen) atoms. The van der Waals surface area contributed by atoms with Crippen LogP contribution in [0.1, 0.15) is 26.3 Å². The molecule has 0 fully saturated rings. The summed E-state index contributed by atoms with van der Waals surface area (Å²) in [5.41, 5.74) is 8.83. The van der Waals surface area contributed by atoms with Gasteiger partial charge in [0.25, 0.3) is 0 Å². The third-order valence-corrected chi connectivity index (χ3v) is 9.89. The number of nitrogens with zero attached hydrogens (tertiary/aromatic N) is 4. The molecule has 9 aromatic rings. The second-order valence-corrected chi connectivity index (χ2v) is 14.2. The fourth-order valence-electron chi connectivity index (χ4n) is 7.29. The first-order valence-corrected chi connectivity index (χ1v) is 17.5. The molecular formula is C46H33N4O2Pt-3. The molecule has 0 aliphatic carbocycles. The second kappa shape index (κ2) is 12.7. The smallest absolute Gasteiger partial charge is 0.137 e. The van der Waals surface area contributed by atoms with E-state index < -0.39 is 0 Å². The molecule has 1 aliphatic heterocycles. The quantitative estimate of drug-likeness (QED) is 0.161. The van der Waals surface area contributed by atoms with Crippen molar-refractivity contribution < 1.29 is 30.2 Å². The number of anilines is 4. The molecule has 0 N–H and O–H groups in total. The van der Waals surface area contributed by atoms with Crippen molar-refractivity contribution in [3.8, 4) is 17.3 Å². The molecule has 0 amide bonds. The summed E-state index contributed by atoms with van der Waals surface area (Å²) < 4.78 is 15.0. The molecular weight excluding hydrogens is 836 g/mol. The van der Waals surface area contributed by atoms with E-state index in [0.29, 0.717) is 11.5 Å². The summed E-state index contributed by atoms with van der Waals surface area (Å²) in [6.07, 6.45) is 1.89. The molecule has 1 aliphatic rings. The maximum atomic E-state index is 6.54. The minimum Gasteiger partial charge on any atom is -0.509 e. The van der Waals surface area contributed by atoms with Crippen LogP contribution < -0.4 is 14.5 Å². The Balaban J connectivity index is 0.00000372. The normalized spacial score (nSPS) is 12.9. The van der Waals surface area contributed by atoms with Crippen molar-refractivity contribution in [1.29, 1.82) is 0 Å². The van der Waals surface area contributed by atoms with Crippen LogP contribution in [0.4, 0.5) is 22.7 Å². The molecule has 7 heteroatoms. The Bertz CT molecular complexity index is 2820. The van der Waals surface area contributed by atoms with Gasteiger partial charge in [-0.1, -0.05) is 80.9 Å². The Labute approximate surface area is 322 Å². The van der Waals surface area contributed by atoms with Crippen molar-refractivity contribution in [2.45, 2.75) is 26.2 Å². The summed E-state index contributed by atoms with van der Waals surface area (Å²) >= 11 is 0. The third-order valence-electron chi connectivity index (χ3n) is 9.89. The van der Waals surface area contributed by atoms with Gasteiger partial charge in [-0.25, -0.2) is 4.98 Å². The monoisotopic (exact) mass is 868 g/mol. The number of pyridine rings is 1.